The number of piperazine rings is 2. The van der Waals surface area contributed by atoms with Gasteiger partial charge in [0, 0.05) is 45.0 Å². The lowest BCUT2D eigenvalue weighted by Crippen LogP contribution is -2.60. The van der Waals surface area contributed by atoms with Crippen LogP contribution in [0.4, 0.5) is 5.69 Å². The number of hydrogen-bond acceptors (Lipinski definition) is 6. The van der Waals surface area contributed by atoms with Gasteiger partial charge in [-0.1, -0.05) is 18.2 Å². The fourth-order valence-electron chi connectivity index (χ4n) is 4.12. The number of hydrogen-bond donors (Lipinski definition) is 2. The summed E-state index contributed by atoms with van der Waals surface area (Å²) in [5, 5.41) is 5.59. The van der Waals surface area contributed by atoms with Gasteiger partial charge in [0.15, 0.2) is 0 Å². The number of rotatable bonds is 7. The molecule has 1 unspecified atom stereocenters. The van der Waals surface area contributed by atoms with Crippen molar-refractivity contribution < 1.29 is 19.1 Å². The number of nitrogens with zero attached hydrogens (tertiary/aromatic N) is 3. The smallest absolute Gasteiger partial charge is 0.243 e. The van der Waals surface area contributed by atoms with Crippen LogP contribution in [0.15, 0.2) is 54.6 Å². The third-order valence-corrected chi connectivity index (χ3v) is 6.10. The van der Waals surface area contributed by atoms with E-state index in [2.05, 4.69) is 27.5 Å². The number of carbonyl (C=O) groups excluding carboxylic acids is 3. The van der Waals surface area contributed by atoms with Crippen LogP contribution in [-0.4, -0.2) is 91.3 Å². The highest BCUT2D eigenvalue weighted by Gasteiger charge is 2.35. The van der Waals surface area contributed by atoms with Gasteiger partial charge >= 0.3 is 0 Å². The highest BCUT2D eigenvalue weighted by molar-refractivity contribution is 5.97. The summed E-state index contributed by atoms with van der Waals surface area (Å²) in [5.74, 6) is 0.649. The maximum absolute atomic E-state index is 13.0. The molecule has 2 aromatic rings. The summed E-state index contributed by atoms with van der Waals surface area (Å²) in [6, 6.07) is 15.6. The van der Waals surface area contributed by atoms with E-state index in [9.17, 15) is 14.4 Å². The largest absolute Gasteiger partial charge is 0.457 e. The van der Waals surface area contributed by atoms with Crippen LogP contribution in [0, 0.1) is 0 Å². The van der Waals surface area contributed by atoms with Gasteiger partial charge in [0.2, 0.25) is 17.7 Å². The SMILES string of the molecule is CN1CCN(CC(=O)N2CCNC(=O)C2CC(=O)Nc2ccc(Oc3ccccc3)cc2)CC1. The number of amides is 3. The van der Waals surface area contributed by atoms with E-state index in [1.54, 1.807) is 29.2 Å². The minimum atomic E-state index is -0.811. The fourth-order valence-corrected chi connectivity index (χ4v) is 4.12. The molecule has 3 amide bonds. The Kier molecular flexibility index (Phi) is 7.76. The van der Waals surface area contributed by atoms with Gasteiger partial charge in [0.05, 0.1) is 13.0 Å². The Hall–Kier alpha value is -3.43. The van der Waals surface area contributed by atoms with Crippen molar-refractivity contribution in [3.8, 4) is 11.5 Å². The second kappa shape index (κ2) is 11.1. The predicted octanol–water partition coefficient (Wildman–Crippen LogP) is 1.38. The first kappa shape index (κ1) is 23.7. The van der Waals surface area contributed by atoms with Gasteiger partial charge in [0.1, 0.15) is 17.5 Å². The quantitative estimate of drug-likeness (QED) is 0.642. The lowest BCUT2D eigenvalue weighted by molar-refractivity contribution is -0.145. The van der Waals surface area contributed by atoms with Crippen LogP contribution in [0.1, 0.15) is 6.42 Å². The average molecular weight is 466 g/mol. The maximum Gasteiger partial charge on any atom is 0.243 e. The van der Waals surface area contributed by atoms with Crippen LogP contribution in [0.25, 0.3) is 0 Å². The first-order chi connectivity index (χ1) is 16.5. The Morgan fingerprint density at radius 1 is 0.971 bits per heavy atom. The molecule has 2 aromatic carbocycles. The molecule has 1 atom stereocenters. The molecule has 0 radical (unpaired) electrons. The van der Waals surface area contributed by atoms with E-state index in [-0.39, 0.29) is 30.7 Å². The normalized spacial score (nSPS) is 19.4. The molecular weight excluding hydrogens is 434 g/mol. The van der Waals surface area contributed by atoms with E-state index >= 15 is 0 Å². The number of carbonyl (C=O) groups is 3. The summed E-state index contributed by atoms with van der Waals surface area (Å²) in [7, 11) is 2.06. The lowest BCUT2D eigenvalue weighted by atomic mass is 10.1. The van der Waals surface area contributed by atoms with Gasteiger partial charge in [-0.25, -0.2) is 0 Å². The van der Waals surface area contributed by atoms with Crippen molar-refractivity contribution in [2.75, 3.05) is 58.2 Å². The van der Waals surface area contributed by atoms with Crippen LogP contribution in [0.2, 0.25) is 0 Å². The molecule has 2 fully saturated rings. The minimum absolute atomic E-state index is 0.0947. The fraction of sp³-hybridized carbons (Fsp3) is 0.400. The Balaban J connectivity index is 1.32. The van der Waals surface area contributed by atoms with Crippen LogP contribution in [0.5, 0.6) is 11.5 Å². The Labute approximate surface area is 199 Å². The zero-order valence-electron chi connectivity index (χ0n) is 19.4. The summed E-state index contributed by atoms with van der Waals surface area (Å²) in [6.07, 6.45) is -0.0947. The van der Waals surface area contributed by atoms with E-state index in [0.717, 1.165) is 31.9 Å². The van der Waals surface area contributed by atoms with Gasteiger partial charge in [-0.3, -0.25) is 19.3 Å². The number of anilines is 1. The van der Waals surface area contributed by atoms with Crippen LogP contribution in [-0.2, 0) is 14.4 Å². The first-order valence-corrected chi connectivity index (χ1v) is 11.6. The standard InChI is InChI=1S/C25H31N5O4/c1-28-13-15-29(16-14-28)18-24(32)30-12-11-26-25(33)22(30)17-23(31)27-19-7-9-21(10-8-19)34-20-5-3-2-4-6-20/h2-10,22H,11-18H2,1H3,(H,26,33)(H,27,31). The van der Waals surface area contributed by atoms with Crippen molar-refractivity contribution in [1.29, 1.82) is 0 Å². The summed E-state index contributed by atoms with van der Waals surface area (Å²) >= 11 is 0. The molecule has 4 rings (SSSR count). The summed E-state index contributed by atoms with van der Waals surface area (Å²) in [4.78, 5) is 44.1. The number of para-hydroxylation sites is 1. The van der Waals surface area contributed by atoms with Crippen LogP contribution in [0.3, 0.4) is 0 Å². The Bertz CT molecular complexity index is 990. The molecule has 0 saturated carbocycles. The molecule has 9 heteroatoms. The van der Waals surface area contributed by atoms with E-state index in [1.807, 2.05) is 30.3 Å². The topological polar surface area (TPSA) is 94.2 Å². The number of benzene rings is 2. The molecule has 2 heterocycles. The van der Waals surface area contributed by atoms with Gasteiger partial charge in [0.25, 0.3) is 0 Å². The monoisotopic (exact) mass is 465 g/mol. The van der Waals surface area contributed by atoms with E-state index in [0.29, 0.717) is 24.5 Å². The highest BCUT2D eigenvalue weighted by atomic mass is 16.5. The van der Waals surface area contributed by atoms with Crippen molar-refractivity contribution in [2.45, 2.75) is 12.5 Å². The predicted molar refractivity (Wildman–Crippen MR) is 129 cm³/mol. The number of ether oxygens (including phenoxy) is 1. The first-order valence-electron chi connectivity index (χ1n) is 11.6. The molecule has 0 aromatic heterocycles. The average Bonchev–Trinajstić information content (AvgIpc) is 2.84. The van der Waals surface area contributed by atoms with Crippen molar-refractivity contribution in [1.82, 2.24) is 20.0 Å². The lowest BCUT2D eigenvalue weighted by Gasteiger charge is -2.37. The number of likely N-dealkylation sites (N-methyl/N-ethyl adjacent to an activating group) is 1. The molecule has 0 aliphatic carbocycles. The zero-order chi connectivity index (χ0) is 23.9. The molecule has 2 N–H and O–H groups in total. The van der Waals surface area contributed by atoms with E-state index < -0.39 is 6.04 Å². The van der Waals surface area contributed by atoms with Gasteiger partial charge in [-0.2, -0.15) is 0 Å². The summed E-state index contributed by atoms with van der Waals surface area (Å²) < 4.78 is 5.77. The summed E-state index contributed by atoms with van der Waals surface area (Å²) in [6.45, 7) is 4.52. The van der Waals surface area contributed by atoms with Crippen LogP contribution >= 0.6 is 0 Å². The molecule has 180 valence electrons. The van der Waals surface area contributed by atoms with Gasteiger partial charge < -0.3 is 25.2 Å². The maximum atomic E-state index is 13.0. The minimum Gasteiger partial charge on any atom is -0.457 e. The molecule has 2 saturated heterocycles. The Morgan fingerprint density at radius 2 is 1.65 bits per heavy atom. The Morgan fingerprint density at radius 3 is 2.35 bits per heavy atom. The van der Waals surface area contributed by atoms with Crippen molar-refractivity contribution >= 4 is 23.4 Å². The highest BCUT2D eigenvalue weighted by Crippen LogP contribution is 2.23. The molecule has 0 spiro atoms. The van der Waals surface area contributed by atoms with E-state index in [4.69, 9.17) is 4.74 Å². The third-order valence-electron chi connectivity index (χ3n) is 6.10. The van der Waals surface area contributed by atoms with Crippen molar-refractivity contribution in [3.63, 3.8) is 0 Å². The second-order valence-corrected chi connectivity index (χ2v) is 8.67. The molecule has 0 bridgehead atoms. The van der Waals surface area contributed by atoms with Gasteiger partial charge in [-0.05, 0) is 43.4 Å². The van der Waals surface area contributed by atoms with Crippen LogP contribution < -0.4 is 15.4 Å². The molecular formula is C25H31N5O4. The molecule has 2 aliphatic heterocycles. The second-order valence-electron chi connectivity index (χ2n) is 8.67. The van der Waals surface area contributed by atoms with Gasteiger partial charge in [-0.15, -0.1) is 0 Å². The van der Waals surface area contributed by atoms with Crippen molar-refractivity contribution in [2.24, 2.45) is 0 Å². The number of nitrogens with one attached hydrogen (secondary N) is 2. The van der Waals surface area contributed by atoms with Crippen molar-refractivity contribution in [3.05, 3.63) is 54.6 Å². The molecule has 2 aliphatic rings. The van der Waals surface area contributed by atoms with E-state index in [1.165, 1.54) is 0 Å². The third kappa shape index (κ3) is 6.33. The molecule has 34 heavy (non-hydrogen) atoms. The zero-order valence-corrected chi connectivity index (χ0v) is 19.4. The summed E-state index contributed by atoms with van der Waals surface area (Å²) in [5.41, 5.74) is 0.594. The molecule has 9 nitrogen and oxygen atoms in total.